The number of hydrogen-bond acceptors (Lipinski definition) is 4. The van der Waals surface area contributed by atoms with Gasteiger partial charge in [-0.1, -0.05) is 24.3 Å². The maximum absolute atomic E-state index is 12.9. The lowest BCUT2D eigenvalue weighted by molar-refractivity contribution is 0.0389. The second-order valence-corrected chi connectivity index (χ2v) is 9.31. The lowest BCUT2D eigenvalue weighted by Gasteiger charge is -2.46. The number of benzene rings is 2. The van der Waals surface area contributed by atoms with Crippen LogP contribution in [0.2, 0.25) is 0 Å². The predicted molar refractivity (Wildman–Crippen MR) is 124 cm³/mol. The van der Waals surface area contributed by atoms with E-state index in [2.05, 4.69) is 48.9 Å². The third kappa shape index (κ3) is 4.78. The fourth-order valence-corrected chi connectivity index (χ4v) is 5.04. The molecule has 2 aliphatic heterocycles. The van der Waals surface area contributed by atoms with Gasteiger partial charge in [0.15, 0.2) is 0 Å². The molecule has 1 amide bonds. The third-order valence-corrected chi connectivity index (χ3v) is 6.98. The Balaban J connectivity index is 1.64. The number of hydrogen-bond donors (Lipinski definition) is 1. The highest BCUT2D eigenvalue weighted by Crippen LogP contribution is 2.34. The number of phenolic OH excluding ortho intramolecular Hbond substituents is 1. The van der Waals surface area contributed by atoms with Gasteiger partial charge in [-0.2, -0.15) is 0 Å². The molecule has 0 aromatic heterocycles. The molecule has 2 saturated heterocycles. The van der Waals surface area contributed by atoms with Crippen molar-refractivity contribution in [1.82, 2.24) is 14.7 Å². The van der Waals surface area contributed by atoms with Gasteiger partial charge in [-0.15, -0.1) is 0 Å². The molecule has 0 aliphatic carbocycles. The van der Waals surface area contributed by atoms with Gasteiger partial charge in [-0.05, 0) is 75.5 Å². The average Bonchev–Trinajstić information content (AvgIpc) is 2.78. The van der Waals surface area contributed by atoms with Crippen LogP contribution in [-0.4, -0.2) is 71.0 Å². The van der Waals surface area contributed by atoms with Crippen molar-refractivity contribution in [2.24, 2.45) is 0 Å². The van der Waals surface area contributed by atoms with Crippen LogP contribution in [-0.2, 0) is 0 Å². The first kappa shape index (κ1) is 21.8. The summed E-state index contributed by atoms with van der Waals surface area (Å²) in [5, 5.41) is 10.2. The Morgan fingerprint density at radius 3 is 2.32 bits per heavy atom. The lowest BCUT2D eigenvalue weighted by atomic mass is 9.93. The molecule has 1 N–H and O–H groups in total. The molecular formula is C26H35N3O2. The normalized spacial score (nSPS) is 24.2. The number of aromatic hydroxyl groups is 1. The summed E-state index contributed by atoms with van der Waals surface area (Å²) in [6.07, 6.45) is 3.42. The molecule has 0 radical (unpaired) electrons. The Morgan fingerprint density at radius 1 is 0.935 bits per heavy atom. The summed E-state index contributed by atoms with van der Waals surface area (Å²) in [5.74, 6) is 0.427. The van der Waals surface area contributed by atoms with Gasteiger partial charge < -0.3 is 14.9 Å². The van der Waals surface area contributed by atoms with E-state index in [0.717, 1.165) is 55.7 Å². The van der Waals surface area contributed by atoms with Gasteiger partial charge in [0, 0.05) is 43.8 Å². The minimum Gasteiger partial charge on any atom is -0.508 e. The first-order chi connectivity index (χ1) is 14.9. The van der Waals surface area contributed by atoms with Crippen LogP contribution in [0.25, 0.3) is 0 Å². The fraction of sp³-hybridized carbons (Fsp3) is 0.500. The smallest absolute Gasteiger partial charge is 0.253 e. The topological polar surface area (TPSA) is 47.0 Å². The highest BCUT2D eigenvalue weighted by Gasteiger charge is 2.33. The van der Waals surface area contributed by atoms with Crippen LogP contribution in [0, 0.1) is 0 Å². The van der Waals surface area contributed by atoms with E-state index in [1.807, 2.05) is 29.2 Å². The van der Waals surface area contributed by atoms with Crippen LogP contribution in [0.5, 0.6) is 5.75 Å². The van der Waals surface area contributed by atoms with E-state index in [0.29, 0.717) is 12.1 Å². The van der Waals surface area contributed by atoms with Gasteiger partial charge in [0.25, 0.3) is 5.91 Å². The van der Waals surface area contributed by atoms with Crippen LogP contribution in [0.1, 0.15) is 60.6 Å². The number of nitrogens with zero attached hydrogens (tertiary/aromatic N) is 3. The highest BCUT2D eigenvalue weighted by atomic mass is 16.3. The summed E-state index contributed by atoms with van der Waals surface area (Å²) in [6, 6.07) is 16.6. The molecule has 5 nitrogen and oxygen atoms in total. The molecule has 4 rings (SSSR count). The number of amides is 1. The van der Waals surface area contributed by atoms with E-state index < -0.39 is 0 Å². The zero-order valence-electron chi connectivity index (χ0n) is 19.0. The molecular weight excluding hydrogens is 386 g/mol. The fourth-order valence-electron chi connectivity index (χ4n) is 5.04. The minimum atomic E-state index is 0.0392. The first-order valence-electron chi connectivity index (χ1n) is 11.6. The Bertz CT molecular complexity index is 892. The van der Waals surface area contributed by atoms with E-state index in [1.54, 1.807) is 6.07 Å². The summed E-state index contributed by atoms with van der Waals surface area (Å²) < 4.78 is 0. The molecule has 0 bridgehead atoms. The Kier molecular flexibility index (Phi) is 6.63. The number of piperazine rings is 1. The first-order valence-corrected chi connectivity index (χ1v) is 11.6. The highest BCUT2D eigenvalue weighted by molar-refractivity contribution is 5.94. The Labute approximate surface area is 186 Å². The van der Waals surface area contributed by atoms with Crippen molar-refractivity contribution >= 4 is 5.91 Å². The molecule has 2 heterocycles. The van der Waals surface area contributed by atoms with Crippen LogP contribution in [0.4, 0.5) is 0 Å². The molecule has 0 saturated carbocycles. The Hall–Kier alpha value is -2.37. The number of likely N-dealkylation sites (N-methyl/N-ethyl adjacent to an activating group) is 1. The lowest BCUT2D eigenvalue weighted by Crippen LogP contribution is -2.55. The van der Waals surface area contributed by atoms with Crippen molar-refractivity contribution < 1.29 is 9.90 Å². The zero-order valence-corrected chi connectivity index (χ0v) is 19.0. The van der Waals surface area contributed by atoms with Crippen LogP contribution < -0.4 is 0 Å². The van der Waals surface area contributed by atoms with Crippen molar-refractivity contribution in [3.63, 3.8) is 0 Å². The molecule has 2 aromatic rings. The second kappa shape index (κ2) is 9.41. The SMILES string of the molecule is C[C@@H]1CN([C@H](c2ccc(C(=O)N3CCCCC3)cc2)c2cccc(O)c2)[C@H](C)CN1C. The van der Waals surface area contributed by atoms with Crippen molar-refractivity contribution in [3.8, 4) is 5.75 Å². The number of piperidine rings is 1. The number of likely N-dealkylation sites (tertiary alicyclic amines) is 1. The van der Waals surface area contributed by atoms with Gasteiger partial charge in [-0.25, -0.2) is 0 Å². The third-order valence-electron chi connectivity index (χ3n) is 6.98. The van der Waals surface area contributed by atoms with Gasteiger partial charge in [-0.3, -0.25) is 9.69 Å². The number of carbonyl (C=O) groups is 1. The van der Waals surface area contributed by atoms with Gasteiger partial charge in [0.05, 0.1) is 6.04 Å². The predicted octanol–water partition coefficient (Wildman–Crippen LogP) is 4.13. The van der Waals surface area contributed by atoms with Crippen LogP contribution in [0.15, 0.2) is 48.5 Å². The average molecular weight is 422 g/mol. The molecule has 31 heavy (non-hydrogen) atoms. The maximum Gasteiger partial charge on any atom is 0.253 e. The van der Waals surface area contributed by atoms with E-state index in [1.165, 1.54) is 6.42 Å². The zero-order chi connectivity index (χ0) is 22.0. The summed E-state index contributed by atoms with van der Waals surface area (Å²) in [7, 11) is 2.18. The number of phenols is 1. The summed E-state index contributed by atoms with van der Waals surface area (Å²) in [5.41, 5.74) is 3.00. The minimum absolute atomic E-state index is 0.0392. The van der Waals surface area contributed by atoms with Crippen molar-refractivity contribution in [2.75, 3.05) is 33.2 Å². The van der Waals surface area contributed by atoms with Crippen molar-refractivity contribution in [3.05, 3.63) is 65.2 Å². The summed E-state index contributed by atoms with van der Waals surface area (Å²) in [6.45, 7) is 8.21. The Morgan fingerprint density at radius 2 is 1.65 bits per heavy atom. The van der Waals surface area contributed by atoms with Gasteiger partial charge in [0.1, 0.15) is 5.75 Å². The number of rotatable bonds is 4. The molecule has 166 valence electrons. The molecule has 5 heteroatoms. The molecule has 2 aromatic carbocycles. The van der Waals surface area contributed by atoms with Crippen molar-refractivity contribution in [1.29, 1.82) is 0 Å². The quantitative estimate of drug-likeness (QED) is 0.806. The van der Waals surface area contributed by atoms with E-state index in [9.17, 15) is 9.90 Å². The van der Waals surface area contributed by atoms with Crippen molar-refractivity contribution in [2.45, 2.75) is 51.2 Å². The van der Waals surface area contributed by atoms with E-state index in [4.69, 9.17) is 0 Å². The second-order valence-electron chi connectivity index (χ2n) is 9.31. The molecule has 0 spiro atoms. The van der Waals surface area contributed by atoms with Crippen LogP contribution in [0.3, 0.4) is 0 Å². The monoisotopic (exact) mass is 421 g/mol. The van der Waals surface area contributed by atoms with Crippen LogP contribution >= 0.6 is 0 Å². The molecule has 3 atom stereocenters. The maximum atomic E-state index is 12.9. The molecule has 2 fully saturated rings. The molecule has 0 unspecified atom stereocenters. The van der Waals surface area contributed by atoms with E-state index in [-0.39, 0.29) is 17.7 Å². The standard InChI is InChI=1S/C26H35N3O2/c1-19-18-29(20(2)17-27(19)3)25(23-8-7-9-24(30)16-23)21-10-12-22(13-11-21)26(31)28-14-5-4-6-15-28/h7-13,16,19-20,25,30H,4-6,14-15,17-18H2,1-3H3/t19-,20-,25-/m1/s1. The summed E-state index contributed by atoms with van der Waals surface area (Å²) in [4.78, 5) is 19.8. The van der Waals surface area contributed by atoms with E-state index >= 15 is 0 Å². The van der Waals surface area contributed by atoms with Gasteiger partial charge >= 0.3 is 0 Å². The molecule has 2 aliphatic rings. The number of carbonyl (C=O) groups excluding carboxylic acids is 1. The largest absolute Gasteiger partial charge is 0.508 e. The summed E-state index contributed by atoms with van der Waals surface area (Å²) >= 11 is 0. The van der Waals surface area contributed by atoms with Gasteiger partial charge in [0.2, 0.25) is 0 Å².